The van der Waals surface area contributed by atoms with Gasteiger partial charge in [-0.1, -0.05) is 0 Å². The third kappa shape index (κ3) is 3.84. The number of carbonyl (C=O) groups excluding carboxylic acids is 1. The summed E-state index contributed by atoms with van der Waals surface area (Å²) in [5.74, 6) is -0.0988. The first-order valence-corrected chi connectivity index (χ1v) is 7.92. The number of hydrogen-bond donors (Lipinski definition) is 2. The Morgan fingerprint density at radius 1 is 1.38 bits per heavy atom. The summed E-state index contributed by atoms with van der Waals surface area (Å²) in [6.07, 6.45) is 1.13. The van der Waals surface area contributed by atoms with Gasteiger partial charge in [-0.25, -0.2) is 9.78 Å². The molecule has 2 N–H and O–H groups in total. The number of methoxy groups -OCH3 is 1. The molecule has 126 valence electrons. The van der Waals surface area contributed by atoms with Crippen molar-refractivity contribution in [3.8, 4) is 0 Å². The van der Waals surface area contributed by atoms with Gasteiger partial charge in [0.05, 0.1) is 17.6 Å². The molecular formula is C14H14N4O4S2. The number of esters is 1. The van der Waals surface area contributed by atoms with Crippen molar-refractivity contribution >= 4 is 51.1 Å². The van der Waals surface area contributed by atoms with Crippen LogP contribution in [-0.2, 0) is 4.74 Å². The Morgan fingerprint density at radius 2 is 2.08 bits per heavy atom. The highest BCUT2D eigenvalue weighted by molar-refractivity contribution is 7.80. The molecule has 2 heterocycles. The van der Waals surface area contributed by atoms with Gasteiger partial charge in [-0.15, -0.1) is 11.3 Å². The highest BCUT2D eigenvalue weighted by atomic mass is 32.1. The lowest BCUT2D eigenvalue weighted by molar-refractivity contribution is -0.385. The number of carbonyl (C=O) groups is 1. The molecule has 0 atom stereocenters. The number of nitrogens with one attached hydrogen (secondary N) is 2. The molecule has 0 aliphatic rings. The van der Waals surface area contributed by atoms with Crippen molar-refractivity contribution in [2.45, 2.75) is 13.8 Å². The van der Waals surface area contributed by atoms with E-state index in [0.29, 0.717) is 16.4 Å². The quantitative estimate of drug-likeness (QED) is 0.367. The molecule has 0 saturated carbocycles. The summed E-state index contributed by atoms with van der Waals surface area (Å²) in [4.78, 5) is 26.9. The Kier molecular flexibility index (Phi) is 5.42. The lowest BCUT2D eigenvalue weighted by atomic mass is 10.1. The first-order valence-electron chi connectivity index (χ1n) is 6.70. The van der Waals surface area contributed by atoms with E-state index >= 15 is 0 Å². The summed E-state index contributed by atoms with van der Waals surface area (Å²) in [6.45, 7) is 3.73. The summed E-state index contributed by atoms with van der Waals surface area (Å²) in [7, 11) is 1.32. The van der Waals surface area contributed by atoms with Crippen LogP contribution in [0.2, 0.25) is 0 Å². The number of ether oxygens (including phenoxy) is 1. The number of nitro groups is 1. The Bertz CT molecular complexity index is 802. The minimum absolute atomic E-state index is 0.114. The Morgan fingerprint density at radius 3 is 2.62 bits per heavy atom. The maximum atomic E-state index is 11.9. The molecule has 0 aromatic carbocycles. The van der Waals surface area contributed by atoms with Crippen LogP contribution < -0.4 is 10.6 Å². The van der Waals surface area contributed by atoms with E-state index in [-0.39, 0.29) is 10.8 Å². The van der Waals surface area contributed by atoms with Gasteiger partial charge >= 0.3 is 5.97 Å². The Labute approximate surface area is 147 Å². The minimum Gasteiger partial charge on any atom is -0.465 e. The lowest BCUT2D eigenvalue weighted by Gasteiger charge is -2.10. The molecule has 0 aliphatic heterocycles. The van der Waals surface area contributed by atoms with Crippen molar-refractivity contribution in [1.29, 1.82) is 0 Å². The van der Waals surface area contributed by atoms with Crippen LogP contribution in [0, 0.1) is 24.0 Å². The molecule has 0 saturated heterocycles. The van der Waals surface area contributed by atoms with Gasteiger partial charge in [-0.05, 0) is 37.7 Å². The largest absolute Gasteiger partial charge is 0.465 e. The number of aromatic nitrogens is 1. The Balaban J connectivity index is 2.14. The number of pyridine rings is 1. The van der Waals surface area contributed by atoms with E-state index in [4.69, 9.17) is 17.0 Å². The molecule has 2 aromatic rings. The standard InChI is InChI=1S/C14H14N4O4S2/c1-7-8(2)24-12(11(7)13(19)22-3)17-14(23)16-10-5-4-9(6-15-10)18(20)21/h4-6H,1-3H3,(H2,15,16,17,23). The topological polar surface area (TPSA) is 106 Å². The molecule has 0 spiro atoms. The van der Waals surface area contributed by atoms with E-state index < -0.39 is 10.9 Å². The van der Waals surface area contributed by atoms with Gasteiger partial charge in [0.15, 0.2) is 5.11 Å². The zero-order valence-electron chi connectivity index (χ0n) is 13.1. The molecule has 0 radical (unpaired) electrons. The molecule has 2 aromatic heterocycles. The number of aryl methyl sites for hydroxylation is 1. The lowest BCUT2D eigenvalue weighted by Crippen LogP contribution is -2.20. The normalized spacial score (nSPS) is 10.1. The predicted molar refractivity (Wildman–Crippen MR) is 95.9 cm³/mol. The van der Waals surface area contributed by atoms with Gasteiger partial charge in [0.25, 0.3) is 5.69 Å². The number of nitrogens with zero attached hydrogens (tertiary/aromatic N) is 2. The van der Waals surface area contributed by atoms with E-state index in [0.717, 1.165) is 16.6 Å². The van der Waals surface area contributed by atoms with Crippen LogP contribution in [0.1, 0.15) is 20.8 Å². The van der Waals surface area contributed by atoms with Crippen LogP contribution in [0.3, 0.4) is 0 Å². The number of hydrogen-bond acceptors (Lipinski definition) is 7. The highest BCUT2D eigenvalue weighted by Crippen LogP contribution is 2.33. The van der Waals surface area contributed by atoms with Gasteiger partial charge < -0.3 is 15.4 Å². The molecule has 10 heteroatoms. The number of thiocarbonyl (C=S) groups is 1. The van der Waals surface area contributed by atoms with E-state index in [1.807, 2.05) is 13.8 Å². The molecule has 0 bridgehead atoms. The molecule has 0 amide bonds. The van der Waals surface area contributed by atoms with E-state index in [1.54, 1.807) is 0 Å². The monoisotopic (exact) mass is 366 g/mol. The van der Waals surface area contributed by atoms with Gasteiger partial charge in [0.2, 0.25) is 0 Å². The van der Waals surface area contributed by atoms with Crippen LogP contribution in [0.5, 0.6) is 0 Å². The molecule has 0 unspecified atom stereocenters. The smallest absolute Gasteiger partial charge is 0.341 e. The average Bonchev–Trinajstić information content (AvgIpc) is 2.81. The van der Waals surface area contributed by atoms with Crippen LogP contribution >= 0.6 is 23.6 Å². The third-order valence-corrected chi connectivity index (χ3v) is 4.53. The Hall–Kier alpha value is -2.59. The van der Waals surface area contributed by atoms with Crippen molar-refractivity contribution in [3.05, 3.63) is 44.4 Å². The van der Waals surface area contributed by atoms with E-state index in [9.17, 15) is 14.9 Å². The molecule has 2 rings (SSSR count). The molecule has 0 fully saturated rings. The second-order valence-corrected chi connectivity index (χ2v) is 6.35. The van der Waals surface area contributed by atoms with Crippen LogP contribution in [0.25, 0.3) is 0 Å². The first kappa shape index (κ1) is 17.8. The SMILES string of the molecule is COC(=O)c1c(NC(=S)Nc2ccc([N+](=O)[O-])cn2)sc(C)c1C. The zero-order valence-corrected chi connectivity index (χ0v) is 14.7. The van der Waals surface area contributed by atoms with Crippen molar-refractivity contribution < 1.29 is 14.5 Å². The zero-order chi connectivity index (χ0) is 17.9. The summed E-state index contributed by atoms with van der Waals surface area (Å²) < 4.78 is 4.79. The van der Waals surface area contributed by atoms with Crippen molar-refractivity contribution in [2.75, 3.05) is 17.7 Å². The van der Waals surface area contributed by atoms with Crippen LogP contribution in [0.15, 0.2) is 18.3 Å². The summed E-state index contributed by atoms with van der Waals surface area (Å²) in [5, 5.41) is 17.1. The molecule has 8 nitrogen and oxygen atoms in total. The first-order chi connectivity index (χ1) is 11.3. The third-order valence-electron chi connectivity index (χ3n) is 3.20. The second kappa shape index (κ2) is 7.32. The second-order valence-electron chi connectivity index (χ2n) is 4.72. The van der Waals surface area contributed by atoms with Gasteiger partial charge in [-0.3, -0.25) is 10.1 Å². The fourth-order valence-electron chi connectivity index (χ4n) is 1.88. The number of thiophene rings is 1. The van der Waals surface area contributed by atoms with E-state index in [2.05, 4.69) is 15.6 Å². The molecule has 24 heavy (non-hydrogen) atoms. The summed E-state index contributed by atoms with van der Waals surface area (Å²) >= 11 is 6.58. The predicted octanol–water partition coefficient (Wildman–Crippen LogP) is 3.26. The van der Waals surface area contributed by atoms with Crippen molar-refractivity contribution in [2.24, 2.45) is 0 Å². The fourth-order valence-corrected chi connectivity index (χ4v) is 3.21. The van der Waals surface area contributed by atoms with E-state index in [1.165, 1.54) is 30.6 Å². The number of anilines is 2. The molecular weight excluding hydrogens is 352 g/mol. The average molecular weight is 366 g/mol. The maximum Gasteiger partial charge on any atom is 0.341 e. The van der Waals surface area contributed by atoms with Gasteiger partial charge in [-0.2, -0.15) is 0 Å². The molecule has 0 aliphatic carbocycles. The highest BCUT2D eigenvalue weighted by Gasteiger charge is 2.20. The van der Waals surface area contributed by atoms with Crippen LogP contribution in [0.4, 0.5) is 16.5 Å². The maximum absolute atomic E-state index is 11.9. The van der Waals surface area contributed by atoms with Gasteiger partial charge in [0, 0.05) is 10.9 Å². The fraction of sp³-hybridized carbons (Fsp3) is 0.214. The van der Waals surface area contributed by atoms with Crippen LogP contribution in [-0.4, -0.2) is 28.1 Å². The minimum atomic E-state index is -0.535. The number of rotatable bonds is 4. The van der Waals surface area contributed by atoms with Crippen molar-refractivity contribution in [3.63, 3.8) is 0 Å². The van der Waals surface area contributed by atoms with Gasteiger partial charge in [0.1, 0.15) is 17.0 Å². The summed E-state index contributed by atoms with van der Waals surface area (Å²) in [5.41, 5.74) is 1.14. The summed E-state index contributed by atoms with van der Waals surface area (Å²) in [6, 6.07) is 2.76. The van der Waals surface area contributed by atoms with Crippen molar-refractivity contribution in [1.82, 2.24) is 4.98 Å².